The number of hydrogen-bond acceptors (Lipinski definition) is 4. The smallest absolute Gasteiger partial charge is 0.159 e. The van der Waals surface area contributed by atoms with E-state index in [-0.39, 0.29) is 6.04 Å². The first-order valence-corrected chi connectivity index (χ1v) is 7.34. The molecule has 5 nitrogen and oxygen atoms in total. The molecule has 0 spiro atoms. The summed E-state index contributed by atoms with van der Waals surface area (Å²) in [6.07, 6.45) is 0.734. The Bertz CT molecular complexity index is 661. The number of aromatic nitrogens is 3. The molecule has 0 bridgehead atoms. The summed E-state index contributed by atoms with van der Waals surface area (Å²) in [7, 11) is 0. The van der Waals surface area contributed by atoms with Crippen molar-refractivity contribution >= 4 is 0 Å². The highest BCUT2D eigenvalue weighted by Gasteiger charge is 2.33. The molecule has 7 heteroatoms. The van der Waals surface area contributed by atoms with Gasteiger partial charge in [-0.15, -0.1) is 0 Å². The third-order valence-corrected chi connectivity index (χ3v) is 3.96. The van der Waals surface area contributed by atoms with Crippen molar-refractivity contribution in [3.63, 3.8) is 0 Å². The van der Waals surface area contributed by atoms with E-state index in [0.717, 1.165) is 18.3 Å². The van der Waals surface area contributed by atoms with E-state index in [0.29, 0.717) is 30.9 Å². The second-order valence-corrected chi connectivity index (χ2v) is 5.56. The largest absolute Gasteiger partial charge is 0.392 e. The molecule has 1 aliphatic rings. The highest BCUT2D eigenvalue weighted by molar-refractivity contribution is 5.23. The fourth-order valence-corrected chi connectivity index (χ4v) is 2.88. The summed E-state index contributed by atoms with van der Waals surface area (Å²) in [5.41, 5.74) is 0.658. The SMILES string of the molecule is CCc1n[nH]c(CN2C[C@@H](O)C[C@@H]2c2ccc(F)c(F)c2)n1. The standard InChI is InChI=1S/C15H18F2N4O/c1-2-14-18-15(20-19-14)8-21-7-10(22)6-13(21)9-3-4-11(16)12(17)5-9/h3-5,10,13,22H,2,6-8H2,1H3,(H,18,19,20)/t10-,13+/m0/s1. The predicted molar refractivity (Wildman–Crippen MR) is 75.9 cm³/mol. The van der Waals surface area contributed by atoms with Gasteiger partial charge in [-0.3, -0.25) is 10.00 Å². The number of aliphatic hydroxyl groups is 1. The van der Waals surface area contributed by atoms with E-state index in [4.69, 9.17) is 0 Å². The maximum absolute atomic E-state index is 13.4. The first-order valence-electron chi connectivity index (χ1n) is 7.34. The van der Waals surface area contributed by atoms with Crippen LogP contribution in [0, 0.1) is 11.6 Å². The molecule has 3 rings (SSSR count). The number of aromatic amines is 1. The minimum Gasteiger partial charge on any atom is -0.392 e. The highest BCUT2D eigenvalue weighted by atomic mass is 19.2. The summed E-state index contributed by atoms with van der Waals surface area (Å²) in [5, 5.41) is 16.9. The van der Waals surface area contributed by atoms with Crippen LogP contribution < -0.4 is 0 Å². The average Bonchev–Trinajstić information content (AvgIpc) is 3.09. The number of H-pyrrole nitrogens is 1. The molecule has 118 valence electrons. The molecule has 2 N–H and O–H groups in total. The lowest BCUT2D eigenvalue weighted by Crippen LogP contribution is -2.25. The van der Waals surface area contributed by atoms with Gasteiger partial charge in [0.2, 0.25) is 0 Å². The lowest BCUT2D eigenvalue weighted by Gasteiger charge is -2.23. The van der Waals surface area contributed by atoms with Crippen LogP contribution in [0.1, 0.15) is 36.6 Å². The van der Waals surface area contributed by atoms with Crippen LogP contribution in [-0.2, 0) is 13.0 Å². The Morgan fingerprint density at radius 3 is 2.86 bits per heavy atom. The number of nitrogens with one attached hydrogen (secondary N) is 1. The van der Waals surface area contributed by atoms with Crippen molar-refractivity contribution < 1.29 is 13.9 Å². The summed E-state index contributed by atoms with van der Waals surface area (Å²) < 4.78 is 26.5. The van der Waals surface area contributed by atoms with Gasteiger partial charge in [0, 0.05) is 19.0 Å². The molecule has 1 saturated heterocycles. The van der Waals surface area contributed by atoms with Crippen LogP contribution in [0.5, 0.6) is 0 Å². The van der Waals surface area contributed by atoms with Gasteiger partial charge in [-0.2, -0.15) is 5.10 Å². The maximum atomic E-state index is 13.4. The van der Waals surface area contributed by atoms with E-state index in [1.165, 1.54) is 6.07 Å². The molecular formula is C15H18F2N4O. The Balaban J connectivity index is 1.80. The topological polar surface area (TPSA) is 65.0 Å². The lowest BCUT2D eigenvalue weighted by atomic mass is 10.0. The van der Waals surface area contributed by atoms with Crippen LogP contribution in [0.4, 0.5) is 8.78 Å². The molecule has 2 atom stereocenters. The normalized spacial score (nSPS) is 22.4. The second kappa shape index (κ2) is 6.10. The molecular weight excluding hydrogens is 290 g/mol. The van der Waals surface area contributed by atoms with Crippen LogP contribution in [0.25, 0.3) is 0 Å². The molecule has 22 heavy (non-hydrogen) atoms. The third kappa shape index (κ3) is 3.00. The van der Waals surface area contributed by atoms with E-state index >= 15 is 0 Å². The third-order valence-electron chi connectivity index (χ3n) is 3.96. The summed E-state index contributed by atoms with van der Waals surface area (Å²) >= 11 is 0. The molecule has 2 heterocycles. The first-order chi connectivity index (χ1) is 10.6. The van der Waals surface area contributed by atoms with Crippen molar-refractivity contribution in [2.45, 2.75) is 38.5 Å². The molecule has 1 fully saturated rings. The Kier molecular flexibility index (Phi) is 4.17. The molecule has 1 aromatic carbocycles. The number of benzene rings is 1. The van der Waals surface area contributed by atoms with Crippen LogP contribution >= 0.6 is 0 Å². The Morgan fingerprint density at radius 2 is 2.18 bits per heavy atom. The molecule has 1 aliphatic heterocycles. The maximum Gasteiger partial charge on any atom is 0.159 e. The predicted octanol–water partition coefficient (Wildman–Crippen LogP) is 1.95. The number of likely N-dealkylation sites (tertiary alicyclic amines) is 1. The number of hydrogen-bond donors (Lipinski definition) is 2. The monoisotopic (exact) mass is 308 g/mol. The lowest BCUT2D eigenvalue weighted by molar-refractivity contribution is 0.171. The molecule has 1 aromatic heterocycles. The van der Waals surface area contributed by atoms with Gasteiger partial charge in [-0.05, 0) is 24.1 Å². The van der Waals surface area contributed by atoms with E-state index in [2.05, 4.69) is 15.2 Å². The van der Waals surface area contributed by atoms with Crippen molar-refractivity contribution in [2.24, 2.45) is 0 Å². The van der Waals surface area contributed by atoms with Crippen molar-refractivity contribution in [3.8, 4) is 0 Å². The summed E-state index contributed by atoms with van der Waals surface area (Å²) in [6.45, 7) is 2.91. The molecule has 0 radical (unpaired) electrons. The van der Waals surface area contributed by atoms with E-state index in [1.54, 1.807) is 6.07 Å². The number of aryl methyl sites for hydroxylation is 1. The highest BCUT2D eigenvalue weighted by Crippen LogP contribution is 2.33. The van der Waals surface area contributed by atoms with Gasteiger partial charge >= 0.3 is 0 Å². The zero-order valence-electron chi connectivity index (χ0n) is 12.3. The van der Waals surface area contributed by atoms with Gasteiger partial charge in [-0.25, -0.2) is 13.8 Å². The number of rotatable bonds is 4. The zero-order chi connectivity index (χ0) is 15.7. The van der Waals surface area contributed by atoms with Gasteiger partial charge in [0.25, 0.3) is 0 Å². The molecule has 0 amide bonds. The first kappa shape index (κ1) is 15.1. The molecule has 0 aliphatic carbocycles. The number of nitrogens with zero attached hydrogens (tertiary/aromatic N) is 3. The Labute approximate surface area is 127 Å². The van der Waals surface area contributed by atoms with Crippen LogP contribution in [0.15, 0.2) is 18.2 Å². The van der Waals surface area contributed by atoms with Gasteiger partial charge in [0.05, 0.1) is 12.6 Å². The van der Waals surface area contributed by atoms with Crippen molar-refractivity contribution in [1.82, 2.24) is 20.1 Å². The number of aliphatic hydroxyl groups excluding tert-OH is 1. The minimum absolute atomic E-state index is 0.166. The fourth-order valence-electron chi connectivity index (χ4n) is 2.88. The van der Waals surface area contributed by atoms with E-state index < -0.39 is 17.7 Å². The summed E-state index contributed by atoms with van der Waals surface area (Å²) in [5.74, 6) is -0.291. The van der Waals surface area contributed by atoms with Crippen molar-refractivity contribution in [1.29, 1.82) is 0 Å². The van der Waals surface area contributed by atoms with Gasteiger partial charge in [0.1, 0.15) is 11.6 Å². The van der Waals surface area contributed by atoms with E-state index in [1.807, 2.05) is 11.8 Å². The Hall–Kier alpha value is -1.86. The average molecular weight is 308 g/mol. The molecule has 0 saturated carbocycles. The van der Waals surface area contributed by atoms with E-state index in [9.17, 15) is 13.9 Å². The molecule has 0 unspecified atom stereocenters. The van der Waals surface area contributed by atoms with Gasteiger partial charge in [-0.1, -0.05) is 13.0 Å². The van der Waals surface area contributed by atoms with Crippen LogP contribution in [0.3, 0.4) is 0 Å². The summed E-state index contributed by atoms with van der Waals surface area (Å²) in [4.78, 5) is 6.35. The van der Waals surface area contributed by atoms with Gasteiger partial charge < -0.3 is 5.11 Å². The number of β-amino-alcohol motifs (C(OH)–C–C–N with tert-alkyl or cyclic N) is 1. The zero-order valence-corrected chi connectivity index (χ0v) is 12.3. The van der Waals surface area contributed by atoms with Crippen molar-refractivity contribution in [3.05, 3.63) is 47.0 Å². The van der Waals surface area contributed by atoms with Gasteiger partial charge in [0.15, 0.2) is 11.6 Å². The Morgan fingerprint density at radius 1 is 1.36 bits per heavy atom. The quantitative estimate of drug-likeness (QED) is 0.906. The fraction of sp³-hybridized carbons (Fsp3) is 0.467. The number of halogens is 2. The minimum atomic E-state index is -0.869. The van der Waals surface area contributed by atoms with Crippen LogP contribution in [-0.4, -0.2) is 37.8 Å². The second-order valence-electron chi connectivity index (χ2n) is 5.56. The van der Waals surface area contributed by atoms with Crippen LogP contribution in [0.2, 0.25) is 0 Å². The summed E-state index contributed by atoms with van der Waals surface area (Å²) in [6, 6.07) is 3.71. The van der Waals surface area contributed by atoms with Crippen molar-refractivity contribution in [2.75, 3.05) is 6.54 Å². The molecule has 2 aromatic rings.